The molecule has 0 spiro atoms. The molecule has 0 saturated heterocycles. The van der Waals surface area contributed by atoms with Crippen LogP contribution < -0.4 is 5.56 Å². The van der Waals surface area contributed by atoms with E-state index in [1.54, 1.807) is 0 Å². The molecule has 3 nitrogen and oxygen atoms in total. The van der Waals surface area contributed by atoms with Gasteiger partial charge in [-0.1, -0.05) is 30.3 Å². The Hall–Kier alpha value is -2.13. The lowest BCUT2D eigenvalue weighted by Crippen LogP contribution is -2.10. The highest BCUT2D eigenvalue weighted by atomic mass is 35.5. The van der Waals surface area contributed by atoms with Crippen molar-refractivity contribution >= 4 is 23.4 Å². The number of pyridine rings is 2. The molecular formula is C16H15ClN2O. The van der Waals surface area contributed by atoms with Crippen LogP contribution in [0.4, 0.5) is 0 Å². The third-order valence-corrected chi connectivity index (χ3v) is 3.24. The van der Waals surface area contributed by atoms with Crippen LogP contribution in [0.25, 0.3) is 22.2 Å². The third kappa shape index (κ3) is 2.45. The molecule has 1 aromatic carbocycles. The molecule has 0 aliphatic heterocycles. The Labute approximate surface area is 123 Å². The second-order valence-electron chi connectivity index (χ2n) is 4.72. The summed E-state index contributed by atoms with van der Waals surface area (Å²) in [5.41, 5.74) is 4.19. The molecule has 0 aliphatic carbocycles. The number of hydrogen-bond donors (Lipinski definition) is 1. The fraction of sp³-hybridized carbons (Fsp3) is 0.125. The Morgan fingerprint density at radius 3 is 2.45 bits per heavy atom. The first-order valence-electron chi connectivity index (χ1n) is 6.22. The van der Waals surface area contributed by atoms with Crippen molar-refractivity contribution in [3.8, 4) is 11.1 Å². The molecule has 0 fully saturated rings. The van der Waals surface area contributed by atoms with Crippen LogP contribution in [0.2, 0.25) is 0 Å². The molecule has 3 aromatic rings. The molecule has 102 valence electrons. The largest absolute Gasteiger partial charge is 0.306 e. The summed E-state index contributed by atoms with van der Waals surface area (Å²) in [5.74, 6) is 0. The van der Waals surface area contributed by atoms with E-state index in [1.165, 1.54) is 0 Å². The van der Waals surface area contributed by atoms with Crippen LogP contribution in [0.1, 0.15) is 11.3 Å². The van der Waals surface area contributed by atoms with Crippen molar-refractivity contribution < 1.29 is 0 Å². The quantitative estimate of drug-likeness (QED) is 0.742. The highest BCUT2D eigenvalue weighted by Gasteiger charge is 2.08. The van der Waals surface area contributed by atoms with Crippen molar-refractivity contribution in [3.63, 3.8) is 0 Å². The minimum atomic E-state index is -0.101. The summed E-state index contributed by atoms with van der Waals surface area (Å²) in [5, 5.41) is 0.990. The van der Waals surface area contributed by atoms with Crippen LogP contribution in [0, 0.1) is 13.8 Å². The molecule has 2 aromatic heterocycles. The fourth-order valence-electron chi connectivity index (χ4n) is 2.34. The smallest absolute Gasteiger partial charge is 0.257 e. The van der Waals surface area contributed by atoms with Gasteiger partial charge in [0.2, 0.25) is 0 Å². The van der Waals surface area contributed by atoms with E-state index in [0.29, 0.717) is 11.2 Å². The number of benzene rings is 1. The van der Waals surface area contributed by atoms with Crippen molar-refractivity contribution in [3.05, 3.63) is 64.1 Å². The van der Waals surface area contributed by atoms with Gasteiger partial charge in [0.05, 0.1) is 0 Å². The second-order valence-corrected chi connectivity index (χ2v) is 4.72. The monoisotopic (exact) mass is 286 g/mol. The number of fused-ring (bicyclic) bond motifs is 1. The maximum Gasteiger partial charge on any atom is 0.257 e. The molecule has 1 N–H and O–H groups in total. The van der Waals surface area contributed by atoms with E-state index in [1.807, 2.05) is 56.3 Å². The number of H-pyrrole nitrogens is 1. The topological polar surface area (TPSA) is 45.8 Å². The molecule has 0 atom stereocenters. The van der Waals surface area contributed by atoms with Gasteiger partial charge in [-0.05, 0) is 37.1 Å². The first-order valence-corrected chi connectivity index (χ1v) is 6.22. The SMILES string of the molecule is Cc1cc(C)c2cc(-c3ccccc3)c(=O)[nH]c2n1.Cl. The molecule has 3 rings (SSSR count). The predicted molar refractivity (Wildman–Crippen MR) is 84.5 cm³/mol. The summed E-state index contributed by atoms with van der Waals surface area (Å²) in [4.78, 5) is 19.4. The van der Waals surface area contributed by atoms with Crippen LogP contribution in [-0.2, 0) is 0 Å². The first kappa shape index (κ1) is 14.3. The number of nitrogens with zero attached hydrogens (tertiary/aromatic N) is 1. The molecule has 0 amide bonds. The van der Waals surface area contributed by atoms with Crippen LogP contribution in [0.15, 0.2) is 47.3 Å². The van der Waals surface area contributed by atoms with Crippen molar-refractivity contribution in [2.75, 3.05) is 0 Å². The van der Waals surface area contributed by atoms with Crippen molar-refractivity contribution in [1.82, 2.24) is 9.97 Å². The molecule has 0 saturated carbocycles. The highest BCUT2D eigenvalue weighted by Crippen LogP contribution is 2.21. The minimum absolute atomic E-state index is 0. The van der Waals surface area contributed by atoms with Gasteiger partial charge in [0.15, 0.2) is 0 Å². The van der Waals surface area contributed by atoms with Gasteiger partial charge in [-0.25, -0.2) is 4.98 Å². The summed E-state index contributed by atoms with van der Waals surface area (Å²) in [6.45, 7) is 3.96. The van der Waals surface area contributed by atoms with Crippen molar-refractivity contribution in [1.29, 1.82) is 0 Å². The van der Waals surface area contributed by atoms with Crippen molar-refractivity contribution in [2.45, 2.75) is 13.8 Å². The molecule has 0 aliphatic rings. The lowest BCUT2D eigenvalue weighted by Gasteiger charge is -2.06. The highest BCUT2D eigenvalue weighted by molar-refractivity contribution is 5.85. The standard InChI is InChI=1S/C16H14N2O.ClH/c1-10-8-11(2)17-15-13(10)9-14(16(19)18-15)12-6-4-3-5-7-12;/h3-9H,1-2H3,(H,17,18,19);1H. The number of halogens is 1. The summed E-state index contributed by atoms with van der Waals surface area (Å²) in [6.07, 6.45) is 0. The van der Waals surface area contributed by atoms with Gasteiger partial charge >= 0.3 is 0 Å². The summed E-state index contributed by atoms with van der Waals surface area (Å²) in [6, 6.07) is 13.6. The number of hydrogen-bond acceptors (Lipinski definition) is 2. The van der Waals surface area contributed by atoms with E-state index in [9.17, 15) is 4.79 Å². The Kier molecular flexibility index (Phi) is 3.91. The number of rotatable bonds is 1. The average molecular weight is 287 g/mol. The van der Waals surface area contributed by atoms with E-state index in [-0.39, 0.29) is 18.0 Å². The zero-order chi connectivity index (χ0) is 13.4. The van der Waals surface area contributed by atoms with Crippen LogP contribution in [-0.4, -0.2) is 9.97 Å². The lowest BCUT2D eigenvalue weighted by atomic mass is 10.0. The number of nitrogens with one attached hydrogen (secondary N) is 1. The summed E-state index contributed by atoms with van der Waals surface area (Å²) >= 11 is 0. The third-order valence-electron chi connectivity index (χ3n) is 3.24. The number of aryl methyl sites for hydroxylation is 2. The van der Waals surface area contributed by atoms with Crippen LogP contribution in [0.3, 0.4) is 0 Å². The Morgan fingerprint density at radius 1 is 1.05 bits per heavy atom. The first-order chi connectivity index (χ1) is 9.15. The molecule has 4 heteroatoms. The molecule has 0 radical (unpaired) electrons. The zero-order valence-corrected chi connectivity index (χ0v) is 12.1. The van der Waals surface area contributed by atoms with E-state index < -0.39 is 0 Å². The summed E-state index contributed by atoms with van der Waals surface area (Å²) < 4.78 is 0. The van der Waals surface area contributed by atoms with E-state index in [2.05, 4.69) is 9.97 Å². The lowest BCUT2D eigenvalue weighted by molar-refractivity contribution is 1.16. The summed E-state index contributed by atoms with van der Waals surface area (Å²) in [7, 11) is 0. The van der Waals surface area contributed by atoms with Gasteiger partial charge in [-0.2, -0.15) is 0 Å². The van der Waals surface area contributed by atoms with Crippen LogP contribution >= 0.6 is 12.4 Å². The van der Waals surface area contributed by atoms with E-state index in [4.69, 9.17) is 0 Å². The molecular weight excluding hydrogens is 272 g/mol. The molecule has 2 heterocycles. The molecule has 20 heavy (non-hydrogen) atoms. The zero-order valence-electron chi connectivity index (χ0n) is 11.3. The van der Waals surface area contributed by atoms with Gasteiger partial charge in [0.1, 0.15) is 5.65 Å². The second kappa shape index (κ2) is 5.47. The normalized spacial score (nSPS) is 10.3. The van der Waals surface area contributed by atoms with Gasteiger partial charge in [0.25, 0.3) is 5.56 Å². The number of aromatic nitrogens is 2. The Balaban J connectivity index is 0.00000147. The van der Waals surface area contributed by atoms with Gasteiger partial charge < -0.3 is 4.98 Å². The van der Waals surface area contributed by atoms with E-state index in [0.717, 1.165) is 22.2 Å². The van der Waals surface area contributed by atoms with Gasteiger partial charge in [-0.15, -0.1) is 12.4 Å². The predicted octanol–water partition coefficient (Wildman–Crippen LogP) is 3.63. The Bertz CT molecular complexity index is 810. The van der Waals surface area contributed by atoms with Crippen molar-refractivity contribution in [2.24, 2.45) is 0 Å². The maximum absolute atomic E-state index is 12.2. The maximum atomic E-state index is 12.2. The molecule has 0 bridgehead atoms. The molecule has 0 unspecified atom stereocenters. The van der Waals surface area contributed by atoms with Gasteiger partial charge in [-0.3, -0.25) is 4.79 Å². The number of aromatic amines is 1. The Morgan fingerprint density at radius 2 is 1.75 bits per heavy atom. The average Bonchev–Trinajstić information content (AvgIpc) is 2.38. The van der Waals surface area contributed by atoms with E-state index >= 15 is 0 Å². The fourth-order valence-corrected chi connectivity index (χ4v) is 2.34. The van der Waals surface area contributed by atoms with Gasteiger partial charge in [0, 0.05) is 16.6 Å². The minimum Gasteiger partial charge on any atom is -0.306 e. The van der Waals surface area contributed by atoms with Crippen LogP contribution in [0.5, 0.6) is 0 Å².